The predicted molar refractivity (Wildman–Crippen MR) is 227 cm³/mol. The molecule has 0 N–H and O–H groups in total. The first-order valence-electron chi connectivity index (χ1n) is 18.7. The third kappa shape index (κ3) is 5.62. The molecule has 0 aliphatic carbocycles. The van der Waals surface area contributed by atoms with Crippen LogP contribution in [0.5, 0.6) is 0 Å². The van der Waals surface area contributed by atoms with Gasteiger partial charge >= 0.3 is 0 Å². The molecule has 0 bridgehead atoms. The monoisotopic (exact) mass is 717 g/mol. The number of nitrogens with zero attached hydrogens (tertiary/aromatic N) is 3. The summed E-state index contributed by atoms with van der Waals surface area (Å²) >= 11 is 0. The van der Waals surface area contributed by atoms with E-state index in [0.717, 1.165) is 93.9 Å². The molecule has 3 heterocycles. The average Bonchev–Trinajstić information content (AvgIpc) is 3.84. The number of benzene rings is 8. The lowest BCUT2D eigenvalue weighted by atomic mass is 9.95. The van der Waals surface area contributed by atoms with Gasteiger partial charge in [-0.3, -0.25) is 0 Å². The number of hydrogen-bond donors (Lipinski definition) is 0. The van der Waals surface area contributed by atoms with E-state index in [1.165, 1.54) is 0 Å². The van der Waals surface area contributed by atoms with Crippen LogP contribution in [0.1, 0.15) is 0 Å². The fourth-order valence-electron chi connectivity index (χ4n) is 7.70. The molecule has 0 amide bonds. The zero-order valence-corrected chi connectivity index (χ0v) is 30.1. The smallest absolute Gasteiger partial charge is 0.164 e. The quantitative estimate of drug-likeness (QED) is 0.171. The Labute approximate surface area is 322 Å². The lowest BCUT2D eigenvalue weighted by molar-refractivity contribution is 0.668. The van der Waals surface area contributed by atoms with Gasteiger partial charge in [0.15, 0.2) is 17.5 Å². The second kappa shape index (κ2) is 13.0. The van der Waals surface area contributed by atoms with Crippen LogP contribution >= 0.6 is 0 Å². The minimum atomic E-state index is 0.595. The number of fused-ring (bicyclic) bond motifs is 6. The Morgan fingerprint density at radius 2 is 0.625 bits per heavy atom. The molecule has 0 unspecified atom stereocenters. The van der Waals surface area contributed by atoms with E-state index in [4.69, 9.17) is 23.8 Å². The van der Waals surface area contributed by atoms with Crippen LogP contribution in [0.4, 0.5) is 0 Å². The van der Waals surface area contributed by atoms with Crippen LogP contribution in [0.25, 0.3) is 111 Å². The molecule has 0 saturated carbocycles. The Morgan fingerprint density at radius 3 is 1.18 bits per heavy atom. The Kier molecular flexibility index (Phi) is 7.42. The molecule has 0 aliphatic heterocycles. The molecule has 5 nitrogen and oxygen atoms in total. The van der Waals surface area contributed by atoms with E-state index in [9.17, 15) is 0 Å². The summed E-state index contributed by atoms with van der Waals surface area (Å²) in [6.45, 7) is 0. The molecule has 8 aromatic carbocycles. The third-order valence-corrected chi connectivity index (χ3v) is 10.5. The minimum absolute atomic E-state index is 0.595. The van der Waals surface area contributed by atoms with Crippen molar-refractivity contribution < 1.29 is 8.83 Å². The molecule has 0 radical (unpaired) electrons. The van der Waals surface area contributed by atoms with Gasteiger partial charge in [0.05, 0.1) is 0 Å². The number of para-hydroxylation sites is 1. The van der Waals surface area contributed by atoms with Crippen molar-refractivity contribution in [2.45, 2.75) is 0 Å². The minimum Gasteiger partial charge on any atom is -0.456 e. The van der Waals surface area contributed by atoms with Crippen molar-refractivity contribution in [2.75, 3.05) is 0 Å². The molecule has 11 rings (SSSR count). The summed E-state index contributed by atoms with van der Waals surface area (Å²) in [6, 6.07) is 64.8. The summed E-state index contributed by atoms with van der Waals surface area (Å²) in [5.74, 6) is 1.85. The number of hydrogen-bond acceptors (Lipinski definition) is 5. The predicted octanol–water partition coefficient (Wildman–Crippen LogP) is 13.7. The van der Waals surface area contributed by atoms with Crippen LogP contribution in [-0.2, 0) is 0 Å². The summed E-state index contributed by atoms with van der Waals surface area (Å²) < 4.78 is 12.5. The van der Waals surface area contributed by atoms with Crippen molar-refractivity contribution in [3.05, 3.63) is 188 Å². The highest BCUT2D eigenvalue weighted by Crippen LogP contribution is 2.37. The Bertz CT molecular complexity index is 3200. The Morgan fingerprint density at radius 1 is 0.232 bits per heavy atom. The maximum absolute atomic E-state index is 6.45. The highest BCUT2D eigenvalue weighted by molar-refractivity contribution is 6.08. The maximum Gasteiger partial charge on any atom is 0.164 e. The highest BCUT2D eigenvalue weighted by Gasteiger charge is 2.16. The molecule has 0 spiro atoms. The topological polar surface area (TPSA) is 65.0 Å². The molecule has 11 aromatic rings. The van der Waals surface area contributed by atoms with Crippen molar-refractivity contribution in [3.63, 3.8) is 0 Å². The van der Waals surface area contributed by atoms with E-state index in [1.54, 1.807) is 0 Å². The van der Waals surface area contributed by atoms with Gasteiger partial charge in [0.2, 0.25) is 0 Å². The lowest BCUT2D eigenvalue weighted by Crippen LogP contribution is -2.00. The summed E-state index contributed by atoms with van der Waals surface area (Å²) in [7, 11) is 0. The van der Waals surface area contributed by atoms with Gasteiger partial charge in [-0.05, 0) is 88.0 Å². The fourth-order valence-corrected chi connectivity index (χ4v) is 7.70. The second-order valence-electron chi connectivity index (χ2n) is 14.0. The number of aromatic nitrogens is 3. The van der Waals surface area contributed by atoms with Crippen LogP contribution in [0.2, 0.25) is 0 Å². The number of rotatable bonds is 6. The summed E-state index contributed by atoms with van der Waals surface area (Å²) in [4.78, 5) is 14.7. The largest absolute Gasteiger partial charge is 0.456 e. The third-order valence-electron chi connectivity index (χ3n) is 10.5. The normalized spacial score (nSPS) is 11.6. The van der Waals surface area contributed by atoms with Gasteiger partial charge in [-0.15, -0.1) is 0 Å². The van der Waals surface area contributed by atoms with Crippen LogP contribution in [0.15, 0.2) is 197 Å². The van der Waals surface area contributed by atoms with Crippen molar-refractivity contribution in [2.24, 2.45) is 0 Å². The van der Waals surface area contributed by atoms with E-state index in [-0.39, 0.29) is 0 Å². The van der Waals surface area contributed by atoms with E-state index >= 15 is 0 Å². The summed E-state index contributed by atoms with van der Waals surface area (Å²) in [5, 5.41) is 4.36. The van der Waals surface area contributed by atoms with Gasteiger partial charge < -0.3 is 8.83 Å². The number of furan rings is 2. The van der Waals surface area contributed by atoms with Crippen LogP contribution < -0.4 is 0 Å². The highest BCUT2D eigenvalue weighted by atomic mass is 16.3. The Balaban J connectivity index is 0.936. The molecule has 0 atom stereocenters. The van der Waals surface area contributed by atoms with Crippen molar-refractivity contribution in [1.82, 2.24) is 15.0 Å². The SMILES string of the molecule is c1ccc(-c2nc(-c3ccccc3)nc(-c3ccc4c(c3)oc3ccc(-c5cccc(-c6cccc(-c7ccc8oc9ccccc9c8c7)c6)c5)cc34)n2)cc1. The standard InChI is InChI=1S/C51H31N3O2/c1-3-11-32(12-4-1)49-52-50(33-13-5-2-6-14-33)54-51(53-49)40-21-24-42-44-30-39(23-26-47(44)56-48(42)31-40)37-18-10-16-35(28-37)34-15-9-17-36(27-34)38-22-25-46-43(29-38)41-19-7-8-20-45(41)55-46/h1-31H. The van der Waals surface area contributed by atoms with Crippen molar-refractivity contribution >= 4 is 43.9 Å². The molecule has 0 fully saturated rings. The van der Waals surface area contributed by atoms with Gasteiger partial charge in [-0.2, -0.15) is 0 Å². The molecule has 0 saturated heterocycles. The first kappa shape index (κ1) is 31.9. The van der Waals surface area contributed by atoms with Gasteiger partial charge in [0, 0.05) is 38.2 Å². The molecular weight excluding hydrogens is 687 g/mol. The first-order valence-corrected chi connectivity index (χ1v) is 18.7. The van der Waals surface area contributed by atoms with Gasteiger partial charge in [-0.1, -0.05) is 133 Å². The van der Waals surface area contributed by atoms with Crippen molar-refractivity contribution in [1.29, 1.82) is 0 Å². The molecule has 262 valence electrons. The van der Waals surface area contributed by atoms with E-state index < -0.39 is 0 Å². The van der Waals surface area contributed by atoms with E-state index in [1.807, 2.05) is 78.9 Å². The van der Waals surface area contributed by atoms with E-state index in [2.05, 4.69) is 109 Å². The Hall–Kier alpha value is -7.63. The molecule has 3 aromatic heterocycles. The van der Waals surface area contributed by atoms with Crippen LogP contribution in [-0.4, -0.2) is 15.0 Å². The van der Waals surface area contributed by atoms with Gasteiger partial charge in [0.25, 0.3) is 0 Å². The van der Waals surface area contributed by atoms with Crippen LogP contribution in [0, 0.1) is 0 Å². The van der Waals surface area contributed by atoms with Gasteiger partial charge in [0.1, 0.15) is 22.3 Å². The summed E-state index contributed by atoms with van der Waals surface area (Å²) in [5.41, 5.74) is 13.1. The fraction of sp³-hybridized carbons (Fsp3) is 0. The molecule has 5 heteroatoms. The van der Waals surface area contributed by atoms with Crippen molar-refractivity contribution in [3.8, 4) is 67.5 Å². The summed E-state index contributed by atoms with van der Waals surface area (Å²) in [6.07, 6.45) is 0. The lowest BCUT2D eigenvalue weighted by Gasteiger charge is -2.09. The zero-order chi connectivity index (χ0) is 37.0. The maximum atomic E-state index is 6.45. The zero-order valence-electron chi connectivity index (χ0n) is 30.1. The average molecular weight is 718 g/mol. The molecule has 0 aliphatic rings. The molecular formula is C51H31N3O2. The van der Waals surface area contributed by atoms with Gasteiger partial charge in [-0.25, -0.2) is 15.0 Å². The van der Waals surface area contributed by atoms with E-state index in [0.29, 0.717) is 17.5 Å². The molecule has 56 heavy (non-hydrogen) atoms. The first-order chi connectivity index (χ1) is 27.7. The second-order valence-corrected chi connectivity index (χ2v) is 14.0. The van der Waals surface area contributed by atoms with Crippen LogP contribution in [0.3, 0.4) is 0 Å².